The fraction of sp³-hybridized carbons (Fsp3) is 0.538. The summed E-state index contributed by atoms with van der Waals surface area (Å²) in [7, 11) is 0. The van der Waals surface area contributed by atoms with Crippen LogP contribution in [0.5, 0.6) is 0 Å². The molecule has 2 saturated heterocycles. The third-order valence-electron chi connectivity index (χ3n) is 4.65. The van der Waals surface area contributed by atoms with Crippen LogP contribution in [0.4, 0.5) is 0 Å². The van der Waals surface area contributed by atoms with Crippen LogP contribution in [-0.4, -0.2) is 71.2 Å². The summed E-state index contributed by atoms with van der Waals surface area (Å²) in [6.07, 6.45) is -4.58. The summed E-state index contributed by atoms with van der Waals surface area (Å²) in [5.41, 5.74) is -3.42. The molecule has 2 aliphatic rings. The van der Waals surface area contributed by atoms with Crippen LogP contribution >= 0.6 is 0 Å². The molecule has 4 amide bonds. The Morgan fingerprint density at radius 3 is 1.36 bits per heavy atom. The Morgan fingerprint density at radius 2 is 1.12 bits per heavy atom. The quantitative estimate of drug-likeness (QED) is 0.253. The summed E-state index contributed by atoms with van der Waals surface area (Å²) in [5.74, 6) is -9.20. The Kier molecular flexibility index (Phi) is 4.34. The predicted molar refractivity (Wildman–Crippen MR) is 69.8 cm³/mol. The van der Waals surface area contributed by atoms with Crippen LogP contribution in [0.1, 0.15) is 38.5 Å². The molecule has 0 aromatic rings. The number of amides is 4. The van der Waals surface area contributed by atoms with E-state index in [-0.39, 0.29) is 0 Å². The summed E-state index contributed by atoms with van der Waals surface area (Å²) < 4.78 is -5.08. The maximum atomic E-state index is 12.2. The Morgan fingerprint density at radius 1 is 0.800 bits per heavy atom. The zero-order chi connectivity index (χ0) is 19.2. The Labute approximate surface area is 139 Å². The van der Waals surface area contributed by atoms with Crippen LogP contribution < -0.4 is 0 Å². The van der Waals surface area contributed by atoms with E-state index in [1.807, 2.05) is 0 Å². The molecular weight excluding hydrogens is 344 g/mol. The molecule has 2 aliphatic heterocycles. The second-order valence-corrected chi connectivity index (χ2v) is 5.86. The largest absolute Gasteiger partial charge is 0.481 e. The van der Waals surface area contributed by atoms with Crippen molar-refractivity contribution in [2.24, 2.45) is 0 Å². The molecule has 25 heavy (non-hydrogen) atoms. The molecule has 12 heteroatoms. The van der Waals surface area contributed by atoms with E-state index >= 15 is 0 Å². The van der Waals surface area contributed by atoms with Gasteiger partial charge in [-0.2, -0.15) is 10.4 Å². The first-order chi connectivity index (χ1) is 11.5. The number of carboxylic acid groups (broad SMARTS) is 2. The number of carboxylic acids is 2. The first kappa shape index (κ1) is 18.8. The van der Waals surface area contributed by atoms with Crippen molar-refractivity contribution in [2.75, 3.05) is 0 Å². The minimum Gasteiger partial charge on any atom is -0.481 e. The van der Waals surface area contributed by atoms with Crippen LogP contribution in [0.15, 0.2) is 0 Å². The SMILES string of the molecule is O=C(O)CCC(C(=O)O)([N+]1(O)C(=O)CCC1=O)[N+]1(O)C(=O)CCC1=O. The highest BCUT2D eigenvalue weighted by Gasteiger charge is 2.85. The van der Waals surface area contributed by atoms with Crippen LogP contribution in [0, 0.1) is 0 Å². The smallest absolute Gasteiger partial charge is 0.435 e. The van der Waals surface area contributed by atoms with Gasteiger partial charge in [0.25, 0.3) is 0 Å². The fourth-order valence-corrected chi connectivity index (χ4v) is 3.38. The summed E-state index contributed by atoms with van der Waals surface area (Å²) in [6.45, 7) is 0. The summed E-state index contributed by atoms with van der Waals surface area (Å²) in [5, 5.41) is 39.9. The van der Waals surface area contributed by atoms with Crippen molar-refractivity contribution in [1.29, 1.82) is 0 Å². The zero-order valence-corrected chi connectivity index (χ0v) is 12.9. The summed E-state index contributed by atoms with van der Waals surface area (Å²) in [6, 6.07) is 0. The van der Waals surface area contributed by atoms with Gasteiger partial charge < -0.3 is 10.2 Å². The van der Waals surface area contributed by atoms with E-state index in [1.165, 1.54) is 0 Å². The van der Waals surface area contributed by atoms with E-state index in [9.17, 15) is 44.3 Å². The van der Waals surface area contributed by atoms with Crippen LogP contribution in [-0.2, 0) is 28.8 Å². The Bertz CT molecular complexity index is 638. The number of carbonyl (C=O) groups excluding carboxylic acids is 4. The lowest BCUT2D eigenvalue weighted by Crippen LogP contribution is -2.83. The molecule has 12 nitrogen and oxygen atoms in total. The molecule has 2 heterocycles. The molecule has 2 rings (SSSR count). The van der Waals surface area contributed by atoms with Gasteiger partial charge in [-0.3, -0.25) is 4.79 Å². The molecule has 0 atom stereocenters. The lowest BCUT2D eigenvalue weighted by molar-refractivity contribution is -1.18. The van der Waals surface area contributed by atoms with Gasteiger partial charge in [0.1, 0.15) is 0 Å². The van der Waals surface area contributed by atoms with Crippen LogP contribution in [0.25, 0.3) is 0 Å². The van der Waals surface area contributed by atoms with Crippen molar-refractivity contribution in [2.45, 2.75) is 44.2 Å². The lowest BCUT2D eigenvalue weighted by atomic mass is 9.97. The topological polar surface area (TPSA) is 183 Å². The molecule has 136 valence electrons. The number of hydrogen-bond donors (Lipinski definition) is 4. The van der Waals surface area contributed by atoms with E-state index in [1.54, 1.807) is 0 Å². The monoisotopic (exact) mass is 360 g/mol. The number of quaternary nitrogens is 2. The van der Waals surface area contributed by atoms with E-state index < -0.39 is 89.0 Å². The van der Waals surface area contributed by atoms with Crippen molar-refractivity contribution < 1.29 is 58.7 Å². The van der Waals surface area contributed by atoms with E-state index in [4.69, 9.17) is 5.11 Å². The van der Waals surface area contributed by atoms with Gasteiger partial charge in [0.15, 0.2) is 0 Å². The highest BCUT2D eigenvalue weighted by Crippen LogP contribution is 2.44. The number of hydroxylamine groups is 6. The van der Waals surface area contributed by atoms with Crippen molar-refractivity contribution in [3.8, 4) is 0 Å². The van der Waals surface area contributed by atoms with Gasteiger partial charge in [-0.25, -0.2) is 24.0 Å². The molecule has 0 spiro atoms. The summed E-state index contributed by atoms with van der Waals surface area (Å²) >= 11 is 0. The van der Waals surface area contributed by atoms with Crippen LogP contribution in [0.2, 0.25) is 0 Å². The molecule has 0 radical (unpaired) electrons. The highest BCUT2D eigenvalue weighted by atomic mass is 16.6. The average Bonchev–Trinajstić information content (AvgIpc) is 2.94. The molecule has 2 fully saturated rings. The number of imide groups is 2. The Hall–Kier alpha value is -2.54. The Balaban J connectivity index is 2.83. The van der Waals surface area contributed by atoms with Gasteiger partial charge in [-0.15, -0.1) is 0 Å². The van der Waals surface area contributed by atoms with Gasteiger partial charge in [0, 0.05) is 9.29 Å². The molecule has 0 aliphatic carbocycles. The first-order valence-electron chi connectivity index (χ1n) is 7.28. The van der Waals surface area contributed by atoms with Gasteiger partial charge >= 0.3 is 41.2 Å². The number of likely N-dealkylation sites (tertiary alicyclic amines) is 2. The third kappa shape index (κ3) is 2.15. The number of carbonyl (C=O) groups is 6. The first-order valence-corrected chi connectivity index (χ1v) is 7.28. The standard InChI is InChI=1S/C13H14N2O10/c16-7-1-2-8(17)14(7,24)13(12(22)23,6-5-11(20)21)15(25)9(18)3-4-10(15)19/h24-25H,1-6H2/p+2. The molecular formula is C13H16N2O10+2. The molecule has 0 unspecified atom stereocenters. The van der Waals surface area contributed by atoms with Crippen molar-refractivity contribution in [1.82, 2.24) is 0 Å². The fourth-order valence-electron chi connectivity index (χ4n) is 3.38. The molecule has 0 saturated carbocycles. The van der Waals surface area contributed by atoms with E-state index in [2.05, 4.69) is 0 Å². The highest BCUT2D eigenvalue weighted by molar-refractivity contribution is 5.99. The second kappa shape index (κ2) is 5.77. The average molecular weight is 360 g/mol. The predicted octanol–water partition coefficient (Wildman–Crippen LogP) is -1.26. The second-order valence-electron chi connectivity index (χ2n) is 5.86. The number of aliphatic carboxylic acids is 2. The molecule has 0 bridgehead atoms. The summed E-state index contributed by atoms with van der Waals surface area (Å²) in [4.78, 5) is 71.6. The van der Waals surface area contributed by atoms with Gasteiger partial charge in [0.05, 0.1) is 38.5 Å². The van der Waals surface area contributed by atoms with Crippen molar-refractivity contribution in [3.05, 3.63) is 0 Å². The molecule has 0 aromatic carbocycles. The van der Waals surface area contributed by atoms with Gasteiger partial charge in [-0.05, 0) is 0 Å². The number of nitrogens with zero attached hydrogens (tertiary/aromatic N) is 2. The van der Waals surface area contributed by atoms with E-state index in [0.717, 1.165) is 0 Å². The zero-order valence-electron chi connectivity index (χ0n) is 12.9. The minimum absolute atomic E-state index is 0.584. The maximum Gasteiger partial charge on any atom is 0.435 e. The number of hydrogen-bond acceptors (Lipinski definition) is 8. The van der Waals surface area contributed by atoms with Gasteiger partial charge in [0.2, 0.25) is 0 Å². The molecule has 4 N–H and O–H groups in total. The normalized spacial score (nSPS) is 22.5. The third-order valence-corrected chi connectivity index (χ3v) is 4.65. The van der Waals surface area contributed by atoms with Gasteiger partial charge in [-0.1, -0.05) is 0 Å². The van der Waals surface area contributed by atoms with Crippen LogP contribution in [0.3, 0.4) is 0 Å². The maximum absolute atomic E-state index is 12.2. The van der Waals surface area contributed by atoms with E-state index in [0.29, 0.717) is 0 Å². The minimum atomic E-state index is -3.42. The van der Waals surface area contributed by atoms with Crippen molar-refractivity contribution >= 4 is 35.6 Å². The van der Waals surface area contributed by atoms with Crippen molar-refractivity contribution in [3.63, 3.8) is 0 Å². The number of rotatable bonds is 6. The molecule has 0 aromatic heterocycles. The lowest BCUT2D eigenvalue weighted by Gasteiger charge is -2.41.